The summed E-state index contributed by atoms with van der Waals surface area (Å²) in [4.78, 5) is 0. The second kappa shape index (κ2) is 3.75. The van der Waals surface area contributed by atoms with E-state index in [2.05, 4.69) is 5.32 Å². The molecule has 2 unspecified atom stereocenters. The Morgan fingerprint density at radius 1 is 1.33 bits per heavy atom. The monoisotopic (exact) mass is 169 g/mol. The Hall–Kier alpha value is -0.0800. The normalized spacial score (nSPS) is 36.8. The molecule has 0 spiro atoms. The zero-order valence-electron chi connectivity index (χ0n) is 7.88. The van der Waals surface area contributed by atoms with Crippen LogP contribution in [0.15, 0.2) is 0 Å². The fraction of sp³-hybridized carbons (Fsp3) is 1.00. The van der Waals surface area contributed by atoms with Crippen LogP contribution in [-0.4, -0.2) is 26.3 Å². The quantitative estimate of drug-likeness (QED) is 0.689. The Balaban J connectivity index is 1.73. The van der Waals surface area contributed by atoms with Crippen LogP contribution in [0.2, 0.25) is 0 Å². The van der Waals surface area contributed by atoms with E-state index in [1.165, 1.54) is 32.2 Å². The van der Waals surface area contributed by atoms with Crippen LogP contribution in [0, 0.1) is 11.8 Å². The summed E-state index contributed by atoms with van der Waals surface area (Å²) in [6, 6.07) is 0.639. The smallest absolute Gasteiger partial charge is 0.0615 e. The standard InChI is InChI=1S/C10H19NO/c1-12-7-10-5-9(6-11-10)8-3-2-4-8/h8-11H,2-7H2,1H3. The molecule has 0 bridgehead atoms. The molecule has 2 aliphatic rings. The Morgan fingerprint density at radius 2 is 2.17 bits per heavy atom. The SMILES string of the molecule is COCC1CC(C2CCC2)CN1. The average molecular weight is 169 g/mol. The van der Waals surface area contributed by atoms with E-state index >= 15 is 0 Å². The van der Waals surface area contributed by atoms with Crippen molar-refractivity contribution in [3.8, 4) is 0 Å². The van der Waals surface area contributed by atoms with E-state index < -0.39 is 0 Å². The first-order chi connectivity index (χ1) is 5.90. The Morgan fingerprint density at radius 3 is 2.75 bits per heavy atom. The lowest BCUT2D eigenvalue weighted by Crippen LogP contribution is -2.26. The van der Waals surface area contributed by atoms with Crippen molar-refractivity contribution in [3.05, 3.63) is 0 Å². The van der Waals surface area contributed by atoms with Crippen LogP contribution in [0.1, 0.15) is 25.7 Å². The molecule has 1 aliphatic carbocycles. The number of methoxy groups -OCH3 is 1. The molecule has 0 aromatic heterocycles. The minimum Gasteiger partial charge on any atom is -0.383 e. The van der Waals surface area contributed by atoms with E-state index in [1.54, 1.807) is 7.11 Å². The number of hydrogen-bond donors (Lipinski definition) is 1. The van der Waals surface area contributed by atoms with Gasteiger partial charge in [0.25, 0.3) is 0 Å². The van der Waals surface area contributed by atoms with Crippen molar-refractivity contribution < 1.29 is 4.74 Å². The van der Waals surface area contributed by atoms with Gasteiger partial charge in [0.05, 0.1) is 6.61 Å². The molecule has 1 N–H and O–H groups in total. The molecule has 0 aromatic rings. The van der Waals surface area contributed by atoms with Crippen LogP contribution >= 0.6 is 0 Å². The summed E-state index contributed by atoms with van der Waals surface area (Å²) >= 11 is 0. The van der Waals surface area contributed by atoms with E-state index in [-0.39, 0.29) is 0 Å². The highest BCUT2D eigenvalue weighted by molar-refractivity contribution is 4.88. The average Bonchev–Trinajstić information content (AvgIpc) is 2.34. The van der Waals surface area contributed by atoms with Gasteiger partial charge < -0.3 is 10.1 Å². The van der Waals surface area contributed by atoms with Gasteiger partial charge in [-0.05, 0) is 24.8 Å². The van der Waals surface area contributed by atoms with Gasteiger partial charge in [0.15, 0.2) is 0 Å². The van der Waals surface area contributed by atoms with E-state index in [4.69, 9.17) is 4.74 Å². The molecule has 1 saturated heterocycles. The first-order valence-electron chi connectivity index (χ1n) is 5.12. The zero-order chi connectivity index (χ0) is 8.39. The molecule has 2 atom stereocenters. The largest absolute Gasteiger partial charge is 0.383 e. The van der Waals surface area contributed by atoms with E-state index in [1.807, 2.05) is 0 Å². The molecule has 2 heteroatoms. The third kappa shape index (κ3) is 1.64. The van der Waals surface area contributed by atoms with Gasteiger partial charge in [-0.3, -0.25) is 0 Å². The molecule has 0 aromatic carbocycles. The molecule has 2 rings (SSSR count). The maximum Gasteiger partial charge on any atom is 0.0615 e. The summed E-state index contributed by atoms with van der Waals surface area (Å²) in [5.41, 5.74) is 0. The third-order valence-electron chi connectivity index (χ3n) is 3.44. The molecule has 1 saturated carbocycles. The molecule has 2 nitrogen and oxygen atoms in total. The number of rotatable bonds is 3. The van der Waals surface area contributed by atoms with Crippen molar-refractivity contribution in [2.45, 2.75) is 31.7 Å². The topological polar surface area (TPSA) is 21.3 Å². The summed E-state index contributed by atoms with van der Waals surface area (Å²) in [5.74, 6) is 2.00. The zero-order valence-corrected chi connectivity index (χ0v) is 7.88. The highest BCUT2D eigenvalue weighted by Crippen LogP contribution is 2.37. The van der Waals surface area contributed by atoms with E-state index in [0.29, 0.717) is 6.04 Å². The molecular formula is C10H19NO. The summed E-state index contributed by atoms with van der Waals surface area (Å²) in [5, 5.41) is 3.53. The maximum absolute atomic E-state index is 5.14. The van der Waals surface area contributed by atoms with E-state index in [0.717, 1.165) is 18.4 Å². The summed E-state index contributed by atoms with van der Waals surface area (Å²) in [6.07, 6.45) is 5.77. The molecule has 70 valence electrons. The fourth-order valence-electron chi connectivity index (χ4n) is 2.45. The highest BCUT2D eigenvalue weighted by atomic mass is 16.5. The van der Waals surface area contributed by atoms with Crippen LogP contribution in [0.25, 0.3) is 0 Å². The molecule has 0 amide bonds. The second-order valence-electron chi connectivity index (χ2n) is 4.25. The van der Waals surface area contributed by atoms with Crippen molar-refractivity contribution in [1.29, 1.82) is 0 Å². The minimum atomic E-state index is 0.639. The van der Waals surface area contributed by atoms with Crippen molar-refractivity contribution in [2.24, 2.45) is 11.8 Å². The van der Waals surface area contributed by atoms with Gasteiger partial charge in [-0.2, -0.15) is 0 Å². The van der Waals surface area contributed by atoms with Crippen molar-refractivity contribution in [2.75, 3.05) is 20.3 Å². The maximum atomic E-state index is 5.14. The van der Waals surface area contributed by atoms with Crippen LogP contribution in [0.4, 0.5) is 0 Å². The highest BCUT2D eigenvalue weighted by Gasteiger charge is 2.33. The lowest BCUT2D eigenvalue weighted by Gasteiger charge is -2.30. The minimum absolute atomic E-state index is 0.639. The van der Waals surface area contributed by atoms with Crippen LogP contribution in [0.3, 0.4) is 0 Å². The molecule has 0 radical (unpaired) electrons. The summed E-state index contributed by atoms with van der Waals surface area (Å²) < 4.78 is 5.14. The van der Waals surface area contributed by atoms with Crippen molar-refractivity contribution >= 4 is 0 Å². The van der Waals surface area contributed by atoms with Crippen LogP contribution < -0.4 is 5.32 Å². The third-order valence-corrected chi connectivity index (χ3v) is 3.44. The molecular weight excluding hydrogens is 150 g/mol. The molecule has 1 heterocycles. The summed E-state index contributed by atoms with van der Waals surface area (Å²) in [6.45, 7) is 2.13. The van der Waals surface area contributed by atoms with E-state index in [9.17, 15) is 0 Å². The summed E-state index contributed by atoms with van der Waals surface area (Å²) in [7, 11) is 1.79. The molecule has 12 heavy (non-hydrogen) atoms. The van der Waals surface area contributed by atoms with Crippen molar-refractivity contribution in [1.82, 2.24) is 5.32 Å². The Bertz CT molecular complexity index is 145. The van der Waals surface area contributed by atoms with Gasteiger partial charge in [0.1, 0.15) is 0 Å². The van der Waals surface area contributed by atoms with Gasteiger partial charge in [-0.15, -0.1) is 0 Å². The van der Waals surface area contributed by atoms with Crippen LogP contribution in [-0.2, 0) is 4.74 Å². The second-order valence-corrected chi connectivity index (χ2v) is 4.25. The molecule has 2 fully saturated rings. The predicted molar refractivity (Wildman–Crippen MR) is 49.1 cm³/mol. The number of nitrogens with one attached hydrogen (secondary N) is 1. The first-order valence-corrected chi connectivity index (χ1v) is 5.12. The lowest BCUT2D eigenvalue weighted by atomic mass is 9.75. The number of ether oxygens (including phenoxy) is 1. The predicted octanol–water partition coefficient (Wildman–Crippen LogP) is 1.41. The Labute approximate surface area is 74.7 Å². The van der Waals surface area contributed by atoms with Gasteiger partial charge >= 0.3 is 0 Å². The lowest BCUT2D eigenvalue weighted by molar-refractivity contribution is 0.165. The first kappa shape index (κ1) is 8.52. The molecule has 1 aliphatic heterocycles. The number of hydrogen-bond acceptors (Lipinski definition) is 2. The van der Waals surface area contributed by atoms with Gasteiger partial charge in [-0.1, -0.05) is 19.3 Å². The van der Waals surface area contributed by atoms with Crippen LogP contribution in [0.5, 0.6) is 0 Å². The van der Waals surface area contributed by atoms with Gasteiger partial charge in [-0.25, -0.2) is 0 Å². The van der Waals surface area contributed by atoms with Gasteiger partial charge in [0.2, 0.25) is 0 Å². The Kier molecular flexibility index (Phi) is 2.66. The fourth-order valence-corrected chi connectivity index (χ4v) is 2.45. The van der Waals surface area contributed by atoms with Crippen molar-refractivity contribution in [3.63, 3.8) is 0 Å². The van der Waals surface area contributed by atoms with Gasteiger partial charge in [0, 0.05) is 13.2 Å².